The van der Waals surface area contributed by atoms with E-state index in [-0.39, 0.29) is 18.0 Å². The number of carbonyl (C=O) groups excluding carboxylic acids is 1. The molecular weight excluding hydrogens is 374 g/mol. The van der Waals surface area contributed by atoms with Gasteiger partial charge >= 0.3 is 0 Å². The summed E-state index contributed by atoms with van der Waals surface area (Å²) in [5.41, 5.74) is 0.266. The minimum absolute atomic E-state index is 0.0126. The number of aryl methyl sites for hydroxylation is 1. The van der Waals surface area contributed by atoms with Crippen LogP contribution >= 0.6 is 15.9 Å². The van der Waals surface area contributed by atoms with E-state index < -0.39 is 0 Å². The molecule has 0 radical (unpaired) electrons. The van der Waals surface area contributed by atoms with Crippen LogP contribution in [-0.4, -0.2) is 42.7 Å². The van der Waals surface area contributed by atoms with Crippen LogP contribution in [-0.2, 0) is 18.4 Å². The molecule has 2 aromatic heterocycles. The zero-order chi connectivity index (χ0) is 17.4. The second-order valence-electron chi connectivity index (χ2n) is 6.79. The van der Waals surface area contributed by atoms with E-state index >= 15 is 0 Å². The molecular formula is C16H22BrN5O2. The second kappa shape index (κ2) is 6.66. The number of fused-ring (bicyclic) bond motifs is 1. The van der Waals surface area contributed by atoms with Crippen LogP contribution in [0.2, 0.25) is 0 Å². The standard InChI is InChI=1S/C16H22BrN5O2/c1-10(2)6-7-22(11-4-5-11)12(23)8-21-9-18-15-13(16(21)24)14(17)19-20(15)3/h9-11H,4-8H2,1-3H3. The van der Waals surface area contributed by atoms with Crippen molar-refractivity contribution >= 4 is 32.9 Å². The van der Waals surface area contributed by atoms with Gasteiger partial charge in [-0.3, -0.25) is 14.2 Å². The van der Waals surface area contributed by atoms with Gasteiger partial charge in [0.1, 0.15) is 22.9 Å². The van der Waals surface area contributed by atoms with Gasteiger partial charge in [0.2, 0.25) is 5.91 Å². The summed E-state index contributed by atoms with van der Waals surface area (Å²) in [4.78, 5) is 31.5. The predicted molar refractivity (Wildman–Crippen MR) is 94.7 cm³/mol. The molecule has 7 nitrogen and oxygen atoms in total. The van der Waals surface area contributed by atoms with Gasteiger partial charge in [0, 0.05) is 19.6 Å². The molecule has 0 aromatic carbocycles. The Morgan fingerprint density at radius 2 is 2.17 bits per heavy atom. The fourth-order valence-electron chi connectivity index (χ4n) is 2.78. The van der Waals surface area contributed by atoms with E-state index in [0.29, 0.717) is 27.6 Å². The lowest BCUT2D eigenvalue weighted by atomic mass is 10.1. The number of hydrogen-bond acceptors (Lipinski definition) is 4. The third-order valence-corrected chi connectivity index (χ3v) is 4.88. The van der Waals surface area contributed by atoms with Gasteiger partial charge in [-0.05, 0) is 41.1 Å². The molecule has 8 heteroatoms. The molecule has 1 amide bonds. The Labute approximate surface area is 148 Å². The highest BCUT2D eigenvalue weighted by Gasteiger charge is 2.32. The third kappa shape index (κ3) is 3.38. The van der Waals surface area contributed by atoms with Gasteiger partial charge in [0.25, 0.3) is 5.56 Å². The van der Waals surface area contributed by atoms with E-state index in [9.17, 15) is 9.59 Å². The molecule has 0 spiro atoms. The lowest BCUT2D eigenvalue weighted by Gasteiger charge is -2.23. The summed E-state index contributed by atoms with van der Waals surface area (Å²) >= 11 is 3.29. The van der Waals surface area contributed by atoms with E-state index in [2.05, 4.69) is 39.9 Å². The van der Waals surface area contributed by atoms with Gasteiger partial charge in [-0.2, -0.15) is 5.10 Å². The number of aromatic nitrogens is 4. The van der Waals surface area contributed by atoms with Crippen molar-refractivity contribution in [1.82, 2.24) is 24.2 Å². The first-order chi connectivity index (χ1) is 11.4. The lowest BCUT2D eigenvalue weighted by molar-refractivity contribution is -0.132. The van der Waals surface area contributed by atoms with E-state index in [0.717, 1.165) is 25.8 Å². The molecule has 24 heavy (non-hydrogen) atoms. The first-order valence-electron chi connectivity index (χ1n) is 8.25. The Balaban J connectivity index is 1.83. The molecule has 3 rings (SSSR count). The zero-order valence-corrected chi connectivity index (χ0v) is 15.8. The highest BCUT2D eigenvalue weighted by Crippen LogP contribution is 2.27. The van der Waals surface area contributed by atoms with Crippen molar-refractivity contribution in [3.8, 4) is 0 Å². The molecule has 2 aromatic rings. The van der Waals surface area contributed by atoms with Gasteiger partial charge in [-0.1, -0.05) is 13.8 Å². The average molecular weight is 396 g/mol. The topological polar surface area (TPSA) is 73.0 Å². The first-order valence-corrected chi connectivity index (χ1v) is 9.05. The zero-order valence-electron chi connectivity index (χ0n) is 14.2. The van der Waals surface area contributed by atoms with E-state index in [1.807, 2.05) is 4.90 Å². The number of halogens is 1. The molecule has 0 atom stereocenters. The van der Waals surface area contributed by atoms with Crippen LogP contribution in [0.5, 0.6) is 0 Å². The average Bonchev–Trinajstić information content (AvgIpc) is 3.28. The highest BCUT2D eigenvalue weighted by atomic mass is 79.9. The van der Waals surface area contributed by atoms with E-state index in [4.69, 9.17) is 0 Å². The third-order valence-electron chi connectivity index (χ3n) is 4.33. The molecule has 0 saturated heterocycles. The van der Waals surface area contributed by atoms with Crippen LogP contribution in [0.4, 0.5) is 0 Å². The Morgan fingerprint density at radius 1 is 1.46 bits per heavy atom. The summed E-state index contributed by atoms with van der Waals surface area (Å²) in [6.07, 6.45) is 4.53. The van der Waals surface area contributed by atoms with Gasteiger partial charge in [0.05, 0.1) is 0 Å². The van der Waals surface area contributed by atoms with Gasteiger partial charge < -0.3 is 4.90 Å². The van der Waals surface area contributed by atoms with Crippen LogP contribution in [0.25, 0.3) is 11.0 Å². The van der Waals surface area contributed by atoms with Gasteiger partial charge in [-0.25, -0.2) is 9.67 Å². The number of amides is 1. The molecule has 1 saturated carbocycles. The summed E-state index contributed by atoms with van der Waals surface area (Å²) in [6.45, 7) is 5.08. The highest BCUT2D eigenvalue weighted by molar-refractivity contribution is 9.10. The molecule has 1 aliphatic carbocycles. The number of carbonyl (C=O) groups is 1. The second-order valence-corrected chi connectivity index (χ2v) is 7.54. The maximum Gasteiger partial charge on any atom is 0.266 e. The summed E-state index contributed by atoms with van der Waals surface area (Å²) in [6, 6.07) is 0.341. The van der Waals surface area contributed by atoms with Crippen molar-refractivity contribution < 1.29 is 4.79 Å². The van der Waals surface area contributed by atoms with Crippen molar-refractivity contribution in [3.63, 3.8) is 0 Å². The monoisotopic (exact) mass is 395 g/mol. The maximum atomic E-state index is 12.7. The summed E-state index contributed by atoms with van der Waals surface area (Å²) in [5, 5.41) is 4.57. The fourth-order valence-corrected chi connectivity index (χ4v) is 3.36. The molecule has 1 aliphatic rings. The Bertz CT molecular complexity index is 822. The lowest BCUT2D eigenvalue weighted by Crippen LogP contribution is -2.39. The number of hydrogen-bond donors (Lipinski definition) is 0. The summed E-state index contributed by atoms with van der Waals surface area (Å²) < 4.78 is 3.38. The minimum atomic E-state index is -0.243. The molecule has 1 fully saturated rings. The Hall–Kier alpha value is -1.70. The van der Waals surface area contributed by atoms with Crippen molar-refractivity contribution in [2.75, 3.05) is 6.54 Å². The van der Waals surface area contributed by atoms with Crippen LogP contribution < -0.4 is 5.56 Å². The van der Waals surface area contributed by atoms with Gasteiger partial charge in [0.15, 0.2) is 5.65 Å². The summed E-state index contributed by atoms with van der Waals surface area (Å²) in [5.74, 6) is 0.535. The van der Waals surface area contributed by atoms with Crippen molar-refractivity contribution in [2.45, 2.75) is 45.7 Å². The SMILES string of the molecule is CC(C)CCN(C(=O)Cn1cnc2c(c(Br)nn2C)c1=O)C1CC1. The van der Waals surface area contributed by atoms with Crippen LogP contribution in [0.1, 0.15) is 33.1 Å². The first kappa shape index (κ1) is 17.1. The van der Waals surface area contributed by atoms with Crippen molar-refractivity contribution in [1.29, 1.82) is 0 Å². The molecule has 0 N–H and O–H groups in total. The Kier molecular flexibility index (Phi) is 4.76. The van der Waals surface area contributed by atoms with Crippen LogP contribution in [0, 0.1) is 5.92 Å². The predicted octanol–water partition coefficient (Wildman–Crippen LogP) is 1.93. The van der Waals surface area contributed by atoms with E-state index in [1.54, 1.807) is 11.7 Å². The Morgan fingerprint density at radius 3 is 2.79 bits per heavy atom. The molecule has 130 valence electrons. The quantitative estimate of drug-likeness (QED) is 0.748. The molecule has 2 heterocycles. The fraction of sp³-hybridized carbons (Fsp3) is 0.625. The summed E-state index contributed by atoms with van der Waals surface area (Å²) in [7, 11) is 1.73. The molecule has 0 aliphatic heterocycles. The van der Waals surface area contributed by atoms with E-state index in [1.165, 1.54) is 10.9 Å². The molecule has 0 unspecified atom stereocenters. The van der Waals surface area contributed by atoms with Crippen LogP contribution in [0.3, 0.4) is 0 Å². The smallest absolute Gasteiger partial charge is 0.266 e. The number of rotatable bonds is 6. The van der Waals surface area contributed by atoms with Crippen LogP contribution in [0.15, 0.2) is 15.7 Å². The molecule has 0 bridgehead atoms. The van der Waals surface area contributed by atoms with Crippen molar-refractivity contribution in [3.05, 3.63) is 21.3 Å². The largest absolute Gasteiger partial charge is 0.338 e. The van der Waals surface area contributed by atoms with Gasteiger partial charge in [-0.15, -0.1) is 0 Å². The maximum absolute atomic E-state index is 12.7. The van der Waals surface area contributed by atoms with Crippen molar-refractivity contribution in [2.24, 2.45) is 13.0 Å². The number of nitrogens with zero attached hydrogens (tertiary/aromatic N) is 5. The normalized spacial score (nSPS) is 14.5. The minimum Gasteiger partial charge on any atom is -0.338 e.